The molecular formula is C22H18N4O. The molecule has 5 heteroatoms. The van der Waals surface area contributed by atoms with Crippen LogP contribution in [-0.2, 0) is 0 Å². The fourth-order valence-corrected chi connectivity index (χ4v) is 2.79. The van der Waals surface area contributed by atoms with Gasteiger partial charge in [0.05, 0.1) is 16.7 Å². The molecule has 0 unspecified atom stereocenters. The topological polar surface area (TPSA) is 66.9 Å². The van der Waals surface area contributed by atoms with Gasteiger partial charge in [0.25, 0.3) is 5.56 Å². The third kappa shape index (κ3) is 3.62. The zero-order valence-corrected chi connectivity index (χ0v) is 14.8. The second-order valence-corrected chi connectivity index (χ2v) is 6.22. The van der Waals surface area contributed by atoms with E-state index in [0.29, 0.717) is 22.4 Å². The van der Waals surface area contributed by atoms with Gasteiger partial charge in [-0.1, -0.05) is 60.2 Å². The summed E-state index contributed by atoms with van der Waals surface area (Å²) in [6.45, 7) is 2.02. The number of aromatic nitrogens is 2. The molecule has 2 N–H and O–H groups in total. The Morgan fingerprint density at radius 1 is 0.704 bits per heavy atom. The van der Waals surface area contributed by atoms with Crippen LogP contribution >= 0.6 is 0 Å². The monoisotopic (exact) mass is 354 g/mol. The smallest absolute Gasteiger partial charge is 0.297 e. The number of para-hydroxylation sites is 2. The summed E-state index contributed by atoms with van der Waals surface area (Å²) in [5.41, 5.74) is 10.6. The van der Waals surface area contributed by atoms with E-state index < -0.39 is 0 Å². The van der Waals surface area contributed by atoms with Crippen molar-refractivity contribution in [1.29, 1.82) is 0 Å². The molecule has 0 spiro atoms. The summed E-state index contributed by atoms with van der Waals surface area (Å²) in [5, 5.41) is 0. The zero-order valence-electron chi connectivity index (χ0n) is 14.8. The Labute approximate surface area is 156 Å². The van der Waals surface area contributed by atoms with Crippen LogP contribution in [0, 0.1) is 6.92 Å². The van der Waals surface area contributed by atoms with Crippen molar-refractivity contribution in [1.82, 2.24) is 9.97 Å². The number of fused-ring (bicyclic) bond motifs is 1. The Kier molecular flexibility index (Phi) is 4.49. The van der Waals surface area contributed by atoms with E-state index in [1.165, 1.54) is 0 Å². The minimum atomic E-state index is -0.373. The van der Waals surface area contributed by atoms with Crippen molar-refractivity contribution in [2.75, 3.05) is 10.9 Å². The fraction of sp³-hybridized carbons (Fsp3) is 0.0455. The molecule has 0 aliphatic carbocycles. The van der Waals surface area contributed by atoms with Crippen LogP contribution in [-0.4, -0.2) is 9.97 Å². The predicted octanol–water partition coefficient (Wildman–Crippen LogP) is 4.40. The van der Waals surface area contributed by atoms with Crippen molar-refractivity contribution in [3.05, 3.63) is 94.8 Å². The molecule has 0 aliphatic heterocycles. The second-order valence-electron chi connectivity index (χ2n) is 6.22. The number of benzene rings is 3. The van der Waals surface area contributed by atoms with Gasteiger partial charge in [-0.2, -0.15) is 0 Å². The Balaban J connectivity index is 1.85. The average molecular weight is 354 g/mol. The molecule has 0 aliphatic rings. The quantitative estimate of drug-likeness (QED) is 0.532. The Morgan fingerprint density at radius 2 is 1.33 bits per heavy atom. The third-order valence-corrected chi connectivity index (χ3v) is 4.22. The summed E-state index contributed by atoms with van der Waals surface area (Å²) < 4.78 is 0. The van der Waals surface area contributed by atoms with Crippen molar-refractivity contribution in [2.24, 2.45) is 0 Å². The lowest BCUT2D eigenvalue weighted by Gasteiger charge is -2.11. The van der Waals surface area contributed by atoms with Crippen molar-refractivity contribution in [3.8, 4) is 11.3 Å². The van der Waals surface area contributed by atoms with Gasteiger partial charge in [-0.25, -0.2) is 9.97 Å². The first-order valence-electron chi connectivity index (χ1n) is 8.66. The molecule has 0 fully saturated rings. The van der Waals surface area contributed by atoms with Crippen LogP contribution in [0.25, 0.3) is 22.3 Å². The molecule has 5 nitrogen and oxygen atoms in total. The van der Waals surface area contributed by atoms with Gasteiger partial charge in [0, 0.05) is 5.56 Å². The molecule has 27 heavy (non-hydrogen) atoms. The Bertz CT molecular complexity index is 1140. The molecule has 4 aromatic rings. The van der Waals surface area contributed by atoms with Crippen LogP contribution in [0.2, 0.25) is 0 Å². The van der Waals surface area contributed by atoms with Gasteiger partial charge in [0.2, 0.25) is 0 Å². The maximum Gasteiger partial charge on any atom is 0.297 e. The molecule has 0 atom stereocenters. The highest BCUT2D eigenvalue weighted by molar-refractivity contribution is 5.81. The normalized spacial score (nSPS) is 10.6. The van der Waals surface area contributed by atoms with Crippen molar-refractivity contribution < 1.29 is 0 Å². The van der Waals surface area contributed by atoms with E-state index >= 15 is 0 Å². The lowest BCUT2D eigenvalue weighted by Crippen LogP contribution is -2.18. The number of hydrazine groups is 1. The van der Waals surface area contributed by atoms with Crippen LogP contribution < -0.4 is 16.4 Å². The fourth-order valence-electron chi connectivity index (χ4n) is 2.79. The molecule has 0 amide bonds. The Morgan fingerprint density at radius 3 is 2.04 bits per heavy atom. The van der Waals surface area contributed by atoms with E-state index in [1.54, 1.807) is 6.07 Å². The second kappa shape index (κ2) is 7.25. The predicted molar refractivity (Wildman–Crippen MR) is 110 cm³/mol. The SMILES string of the molecule is Cc1ccc(NNc2c(-c3ccccc3)nc3ccccc3nc2=O)cc1. The number of rotatable bonds is 4. The van der Waals surface area contributed by atoms with Gasteiger partial charge < -0.3 is 5.43 Å². The molecular weight excluding hydrogens is 336 g/mol. The summed E-state index contributed by atoms with van der Waals surface area (Å²) in [7, 11) is 0. The van der Waals surface area contributed by atoms with Crippen LogP contribution in [0.4, 0.5) is 11.4 Å². The summed E-state index contributed by atoms with van der Waals surface area (Å²) in [5.74, 6) is 0. The van der Waals surface area contributed by atoms with Gasteiger partial charge in [-0.3, -0.25) is 10.2 Å². The molecule has 132 valence electrons. The molecule has 4 rings (SSSR count). The molecule has 0 bridgehead atoms. The number of aryl methyl sites for hydroxylation is 1. The van der Waals surface area contributed by atoms with E-state index in [2.05, 4.69) is 15.8 Å². The highest BCUT2D eigenvalue weighted by Gasteiger charge is 2.12. The summed E-state index contributed by atoms with van der Waals surface area (Å²) in [6.07, 6.45) is 0. The average Bonchev–Trinajstić information content (AvgIpc) is 2.84. The molecule has 1 aromatic heterocycles. The van der Waals surface area contributed by atoms with Crippen LogP contribution in [0.5, 0.6) is 0 Å². The van der Waals surface area contributed by atoms with Gasteiger partial charge in [0.1, 0.15) is 11.4 Å². The van der Waals surface area contributed by atoms with E-state index in [9.17, 15) is 4.79 Å². The van der Waals surface area contributed by atoms with Gasteiger partial charge >= 0.3 is 0 Å². The van der Waals surface area contributed by atoms with Gasteiger partial charge in [0.15, 0.2) is 0 Å². The van der Waals surface area contributed by atoms with Gasteiger partial charge in [-0.15, -0.1) is 0 Å². The highest BCUT2D eigenvalue weighted by atomic mass is 16.1. The molecule has 1 heterocycles. The van der Waals surface area contributed by atoms with Crippen LogP contribution in [0.1, 0.15) is 5.56 Å². The van der Waals surface area contributed by atoms with E-state index in [0.717, 1.165) is 16.8 Å². The summed E-state index contributed by atoms with van der Waals surface area (Å²) in [6, 6.07) is 24.9. The molecule has 0 saturated carbocycles. The highest BCUT2D eigenvalue weighted by Crippen LogP contribution is 2.24. The van der Waals surface area contributed by atoms with Crippen molar-refractivity contribution >= 4 is 22.4 Å². The minimum Gasteiger partial charge on any atom is -0.301 e. The summed E-state index contributed by atoms with van der Waals surface area (Å²) >= 11 is 0. The molecule has 0 saturated heterocycles. The minimum absolute atomic E-state index is 0.304. The lowest BCUT2D eigenvalue weighted by molar-refractivity contribution is 1.28. The first-order chi connectivity index (χ1) is 13.2. The maximum absolute atomic E-state index is 12.8. The van der Waals surface area contributed by atoms with E-state index in [1.807, 2.05) is 79.7 Å². The number of hydrogen-bond donors (Lipinski definition) is 2. The Hall–Kier alpha value is -3.73. The van der Waals surface area contributed by atoms with Crippen LogP contribution in [0.3, 0.4) is 0 Å². The number of hydrogen-bond acceptors (Lipinski definition) is 5. The number of anilines is 2. The third-order valence-electron chi connectivity index (χ3n) is 4.22. The molecule has 0 radical (unpaired) electrons. The summed E-state index contributed by atoms with van der Waals surface area (Å²) in [4.78, 5) is 21.8. The number of nitrogens with one attached hydrogen (secondary N) is 2. The first kappa shape index (κ1) is 16.7. The van der Waals surface area contributed by atoms with E-state index in [-0.39, 0.29) is 5.56 Å². The van der Waals surface area contributed by atoms with Crippen molar-refractivity contribution in [3.63, 3.8) is 0 Å². The van der Waals surface area contributed by atoms with E-state index in [4.69, 9.17) is 4.98 Å². The largest absolute Gasteiger partial charge is 0.301 e. The van der Waals surface area contributed by atoms with Gasteiger partial charge in [-0.05, 0) is 31.2 Å². The maximum atomic E-state index is 12.8. The first-order valence-corrected chi connectivity index (χ1v) is 8.66. The van der Waals surface area contributed by atoms with Crippen molar-refractivity contribution in [2.45, 2.75) is 6.92 Å². The standard InChI is InChI=1S/C22H18N4O/c1-15-11-13-17(14-12-15)25-26-21-20(16-7-3-2-4-8-16)23-18-9-5-6-10-19(18)24-22(21)27/h2-14,25H,1H3,(H,24,26,27). The lowest BCUT2D eigenvalue weighted by atomic mass is 10.1. The zero-order chi connectivity index (χ0) is 18.6. The molecule has 3 aromatic carbocycles. The number of nitrogens with zero attached hydrogens (tertiary/aromatic N) is 2. The van der Waals surface area contributed by atoms with Crippen LogP contribution in [0.15, 0.2) is 83.7 Å².